The minimum Gasteiger partial charge on any atom is -0.468 e. The van der Waals surface area contributed by atoms with Gasteiger partial charge in [-0.25, -0.2) is 0 Å². The molecule has 1 fully saturated rings. The zero-order valence-corrected chi connectivity index (χ0v) is 12.3. The molecule has 2 aromatic rings. The molecule has 3 rings (SSSR count). The molecule has 114 valence electrons. The van der Waals surface area contributed by atoms with Gasteiger partial charge in [0.05, 0.1) is 11.9 Å². The summed E-state index contributed by atoms with van der Waals surface area (Å²) in [7, 11) is -0.0911. The van der Waals surface area contributed by atoms with E-state index in [1.165, 1.54) is 7.11 Å². The van der Waals surface area contributed by atoms with Gasteiger partial charge in [0.2, 0.25) is 0 Å². The van der Waals surface area contributed by atoms with E-state index in [-0.39, 0.29) is 6.79 Å². The van der Waals surface area contributed by atoms with E-state index in [2.05, 4.69) is 10.2 Å². The van der Waals surface area contributed by atoms with Crippen molar-refractivity contribution in [3.63, 3.8) is 0 Å². The van der Waals surface area contributed by atoms with Crippen LogP contribution in [0.15, 0.2) is 30.5 Å². The molecule has 0 saturated heterocycles. The van der Waals surface area contributed by atoms with Crippen molar-refractivity contribution in [1.29, 1.82) is 0 Å². The van der Waals surface area contributed by atoms with Crippen molar-refractivity contribution in [2.75, 3.05) is 13.9 Å². The summed E-state index contributed by atoms with van der Waals surface area (Å²) in [6, 6.07) is 7.21. The molecule has 0 radical (unpaired) electrons. The Hall–Kier alpha value is -1.96. The lowest BCUT2D eigenvalue weighted by atomic mass is 9.79. The first kappa shape index (κ1) is 15.0. The maximum Gasteiger partial charge on any atom is 0.492 e. The monoisotopic (exact) mass is 300 g/mol. The molecular formula is C15H17BN2O4. The van der Waals surface area contributed by atoms with Crippen LogP contribution in [0.2, 0.25) is 0 Å². The molecule has 0 bridgehead atoms. The van der Waals surface area contributed by atoms with Gasteiger partial charge in [0.1, 0.15) is 5.75 Å². The van der Waals surface area contributed by atoms with Crippen LogP contribution in [-0.4, -0.2) is 41.3 Å². The van der Waals surface area contributed by atoms with E-state index in [9.17, 15) is 10.0 Å². The third-order valence-electron chi connectivity index (χ3n) is 3.63. The van der Waals surface area contributed by atoms with Crippen LogP contribution in [0.3, 0.4) is 0 Å². The number of aromatic nitrogens is 2. The second kappa shape index (κ2) is 6.43. The zero-order chi connectivity index (χ0) is 15.5. The molecule has 0 spiro atoms. The number of methoxy groups -OCH3 is 1. The second-order valence-corrected chi connectivity index (χ2v) is 5.32. The number of benzene rings is 1. The van der Waals surface area contributed by atoms with E-state index >= 15 is 0 Å². The lowest BCUT2D eigenvalue weighted by molar-refractivity contribution is 0.0517. The van der Waals surface area contributed by atoms with Crippen LogP contribution in [0.25, 0.3) is 11.1 Å². The van der Waals surface area contributed by atoms with Crippen LogP contribution in [0.4, 0.5) is 0 Å². The lowest BCUT2D eigenvalue weighted by Gasteiger charge is -2.12. The van der Waals surface area contributed by atoms with Gasteiger partial charge in [-0.1, -0.05) is 12.1 Å². The second-order valence-electron chi connectivity index (χ2n) is 5.32. The fourth-order valence-corrected chi connectivity index (χ4v) is 2.29. The van der Waals surface area contributed by atoms with Gasteiger partial charge in [0.15, 0.2) is 6.79 Å². The van der Waals surface area contributed by atoms with Gasteiger partial charge in [-0.3, -0.25) is 0 Å². The number of ether oxygens (including phenoxy) is 2. The molecule has 1 aromatic carbocycles. The van der Waals surface area contributed by atoms with Gasteiger partial charge in [0, 0.05) is 24.1 Å². The zero-order valence-electron chi connectivity index (χ0n) is 12.3. The van der Waals surface area contributed by atoms with E-state index < -0.39 is 7.12 Å². The minimum absolute atomic E-state index is 0.0328. The number of hydrogen-bond donors (Lipinski definition) is 2. The SMILES string of the molecule is COCOc1cc(-c2cnnc(C3CC3)c2)ccc1B(O)O. The number of hydrogen-bond acceptors (Lipinski definition) is 6. The van der Waals surface area contributed by atoms with E-state index in [4.69, 9.17) is 9.47 Å². The normalized spacial score (nSPS) is 14.0. The molecular weight excluding hydrogens is 283 g/mol. The average molecular weight is 300 g/mol. The molecule has 7 heteroatoms. The maximum atomic E-state index is 9.40. The van der Waals surface area contributed by atoms with E-state index in [0.717, 1.165) is 29.7 Å². The summed E-state index contributed by atoms with van der Waals surface area (Å²) in [6.45, 7) is 0.0328. The number of nitrogens with zero attached hydrogens (tertiary/aromatic N) is 2. The van der Waals surface area contributed by atoms with Gasteiger partial charge in [-0.05, 0) is 30.5 Å². The molecule has 1 aromatic heterocycles. The third kappa shape index (κ3) is 3.27. The van der Waals surface area contributed by atoms with E-state index in [0.29, 0.717) is 17.1 Å². The molecule has 1 aliphatic carbocycles. The van der Waals surface area contributed by atoms with Crippen molar-refractivity contribution in [1.82, 2.24) is 10.2 Å². The van der Waals surface area contributed by atoms with E-state index in [1.807, 2.05) is 12.1 Å². The Morgan fingerprint density at radius 3 is 2.73 bits per heavy atom. The van der Waals surface area contributed by atoms with Crippen LogP contribution >= 0.6 is 0 Å². The third-order valence-corrected chi connectivity index (χ3v) is 3.63. The quantitative estimate of drug-likeness (QED) is 0.603. The summed E-state index contributed by atoms with van der Waals surface area (Å²) in [6.07, 6.45) is 4.02. The predicted molar refractivity (Wildman–Crippen MR) is 81.8 cm³/mol. The topological polar surface area (TPSA) is 84.7 Å². The highest BCUT2D eigenvalue weighted by Crippen LogP contribution is 2.39. The average Bonchev–Trinajstić information content (AvgIpc) is 3.37. The Bertz CT molecular complexity index is 662. The van der Waals surface area contributed by atoms with Gasteiger partial charge >= 0.3 is 7.12 Å². The largest absolute Gasteiger partial charge is 0.492 e. The van der Waals surface area contributed by atoms with Crippen molar-refractivity contribution < 1.29 is 19.5 Å². The standard InChI is InChI=1S/C15H17BN2O4/c1-21-9-22-15-7-11(4-5-13(15)16(19)20)12-6-14(10-2-3-10)18-17-8-12/h4-8,10,19-20H,2-3,9H2,1H3. The Balaban J connectivity index is 1.94. The molecule has 0 aliphatic heterocycles. The highest BCUT2D eigenvalue weighted by molar-refractivity contribution is 6.59. The summed E-state index contributed by atoms with van der Waals surface area (Å²) in [5, 5.41) is 27.0. The van der Waals surface area contributed by atoms with Crippen molar-refractivity contribution in [3.8, 4) is 16.9 Å². The van der Waals surface area contributed by atoms with Crippen LogP contribution in [0.5, 0.6) is 5.75 Å². The first-order valence-corrected chi connectivity index (χ1v) is 7.14. The van der Waals surface area contributed by atoms with Gasteiger partial charge < -0.3 is 19.5 Å². The summed E-state index contributed by atoms with van der Waals surface area (Å²) in [5.74, 6) is 0.898. The summed E-state index contributed by atoms with van der Waals surface area (Å²) in [4.78, 5) is 0. The molecule has 0 atom stereocenters. The highest BCUT2D eigenvalue weighted by Gasteiger charge is 2.26. The molecule has 0 amide bonds. The Labute approximate surface area is 128 Å². The fraction of sp³-hybridized carbons (Fsp3) is 0.333. The van der Waals surface area contributed by atoms with Gasteiger partial charge in [-0.15, -0.1) is 0 Å². The van der Waals surface area contributed by atoms with Crippen molar-refractivity contribution >= 4 is 12.6 Å². The van der Waals surface area contributed by atoms with Crippen molar-refractivity contribution in [2.45, 2.75) is 18.8 Å². The molecule has 2 N–H and O–H groups in total. The van der Waals surface area contributed by atoms with Crippen molar-refractivity contribution in [2.24, 2.45) is 0 Å². The molecule has 1 heterocycles. The number of rotatable bonds is 6. The Morgan fingerprint density at radius 1 is 1.23 bits per heavy atom. The molecule has 1 aliphatic rings. The van der Waals surface area contributed by atoms with Crippen LogP contribution in [0, 0.1) is 0 Å². The lowest BCUT2D eigenvalue weighted by Crippen LogP contribution is -2.31. The first-order valence-electron chi connectivity index (χ1n) is 7.14. The van der Waals surface area contributed by atoms with E-state index in [1.54, 1.807) is 18.3 Å². The highest BCUT2D eigenvalue weighted by atomic mass is 16.7. The minimum atomic E-state index is -1.60. The van der Waals surface area contributed by atoms with Gasteiger partial charge in [0.25, 0.3) is 0 Å². The summed E-state index contributed by atoms with van der Waals surface area (Å²) in [5.41, 5.74) is 3.11. The molecule has 6 nitrogen and oxygen atoms in total. The Kier molecular flexibility index (Phi) is 4.38. The molecule has 0 unspecified atom stereocenters. The first-order chi connectivity index (χ1) is 10.7. The predicted octanol–water partition coefficient (Wildman–Crippen LogP) is 0.683. The Morgan fingerprint density at radius 2 is 2.05 bits per heavy atom. The molecule has 1 saturated carbocycles. The maximum absolute atomic E-state index is 9.40. The van der Waals surface area contributed by atoms with Crippen molar-refractivity contribution in [3.05, 3.63) is 36.2 Å². The van der Waals surface area contributed by atoms with Gasteiger partial charge in [-0.2, -0.15) is 10.2 Å². The summed E-state index contributed by atoms with van der Waals surface area (Å²) < 4.78 is 10.3. The van der Waals surface area contributed by atoms with Crippen LogP contribution in [0.1, 0.15) is 24.5 Å². The summed E-state index contributed by atoms with van der Waals surface area (Å²) >= 11 is 0. The van der Waals surface area contributed by atoms with Crippen LogP contribution in [-0.2, 0) is 4.74 Å². The van der Waals surface area contributed by atoms with Crippen LogP contribution < -0.4 is 10.2 Å². The molecule has 22 heavy (non-hydrogen) atoms. The smallest absolute Gasteiger partial charge is 0.468 e. The fourth-order valence-electron chi connectivity index (χ4n) is 2.29.